The van der Waals surface area contributed by atoms with Crippen LogP contribution in [0.5, 0.6) is 0 Å². The van der Waals surface area contributed by atoms with E-state index >= 15 is 0 Å². The summed E-state index contributed by atoms with van der Waals surface area (Å²) >= 11 is 0. The molecule has 3 N–H and O–H groups in total. The van der Waals surface area contributed by atoms with Gasteiger partial charge in [0.05, 0.1) is 25.2 Å². The van der Waals surface area contributed by atoms with Crippen LogP contribution < -0.4 is 5.32 Å². The first kappa shape index (κ1) is 57.6. The highest BCUT2D eigenvalue weighted by Crippen LogP contribution is 2.18. The lowest BCUT2D eigenvalue weighted by Crippen LogP contribution is -2.46. The summed E-state index contributed by atoms with van der Waals surface area (Å²) in [6.45, 7) is 6.37. The van der Waals surface area contributed by atoms with Crippen molar-refractivity contribution in [1.82, 2.24) is 5.32 Å². The third-order valence-electron chi connectivity index (χ3n) is 11.5. The van der Waals surface area contributed by atoms with Crippen molar-refractivity contribution in [2.75, 3.05) is 6.61 Å². The number of ether oxygens (including phenoxy) is 1. The van der Waals surface area contributed by atoms with Gasteiger partial charge in [0.2, 0.25) is 5.91 Å². The maximum atomic E-state index is 13.2. The maximum Gasteiger partial charge on any atom is 0.306 e. The zero-order valence-electron chi connectivity index (χ0n) is 39.6. The lowest BCUT2D eigenvalue weighted by molar-refractivity contribution is -0.151. The predicted molar refractivity (Wildman–Crippen MR) is 259 cm³/mol. The molecule has 0 aliphatic carbocycles. The maximum absolute atomic E-state index is 13.2. The summed E-state index contributed by atoms with van der Waals surface area (Å²) in [6.07, 6.45) is 58.5. The normalized spacial score (nSPS) is 13.8. The Morgan fingerprint density at radius 1 is 0.483 bits per heavy atom. The van der Waals surface area contributed by atoms with Crippen molar-refractivity contribution >= 4 is 11.9 Å². The third-order valence-corrected chi connectivity index (χ3v) is 11.5. The van der Waals surface area contributed by atoms with Gasteiger partial charge in [-0.25, -0.2) is 0 Å². The van der Waals surface area contributed by atoms with Gasteiger partial charge >= 0.3 is 5.97 Å². The average Bonchev–Trinajstić information content (AvgIpc) is 3.24. The van der Waals surface area contributed by atoms with E-state index in [-0.39, 0.29) is 24.9 Å². The molecule has 0 aliphatic heterocycles. The number of hydrogen-bond donors (Lipinski definition) is 3. The van der Waals surface area contributed by atoms with E-state index in [1.165, 1.54) is 116 Å². The number of carbonyl (C=O) groups excluding carboxylic acids is 2. The van der Waals surface area contributed by atoms with E-state index in [0.717, 1.165) is 83.5 Å². The van der Waals surface area contributed by atoms with Crippen LogP contribution in [0.1, 0.15) is 245 Å². The Balaban J connectivity index is 4.46. The van der Waals surface area contributed by atoms with Crippen LogP contribution in [0.15, 0.2) is 60.8 Å². The van der Waals surface area contributed by atoms with Crippen LogP contribution in [0.2, 0.25) is 0 Å². The molecule has 0 rings (SSSR count). The van der Waals surface area contributed by atoms with E-state index in [4.69, 9.17) is 4.74 Å². The number of aliphatic hydroxyl groups is 2. The van der Waals surface area contributed by atoms with E-state index in [1.54, 1.807) is 0 Å². The van der Waals surface area contributed by atoms with E-state index in [0.29, 0.717) is 19.3 Å². The van der Waals surface area contributed by atoms with Crippen LogP contribution in [0.4, 0.5) is 0 Å². The minimum Gasteiger partial charge on any atom is -0.462 e. The molecule has 0 aromatic carbocycles. The van der Waals surface area contributed by atoms with Crippen molar-refractivity contribution in [2.24, 2.45) is 0 Å². The summed E-state index contributed by atoms with van der Waals surface area (Å²) in [4.78, 5) is 26.0. The molecule has 0 radical (unpaired) electrons. The van der Waals surface area contributed by atoms with Crippen LogP contribution in [-0.2, 0) is 14.3 Å². The van der Waals surface area contributed by atoms with Crippen LogP contribution in [0.25, 0.3) is 0 Å². The highest BCUT2D eigenvalue weighted by Gasteiger charge is 2.24. The van der Waals surface area contributed by atoms with Gasteiger partial charge < -0.3 is 20.3 Å². The molecule has 0 heterocycles. The second kappa shape index (κ2) is 47.6. The quantitative estimate of drug-likeness (QED) is 0.0322. The zero-order valence-corrected chi connectivity index (χ0v) is 39.6. The molecule has 3 atom stereocenters. The fraction of sp³-hybridized carbons (Fsp3) is 0.778. The number of aliphatic hydroxyl groups excluding tert-OH is 2. The first-order chi connectivity index (χ1) is 29.5. The molecule has 6 nitrogen and oxygen atoms in total. The van der Waals surface area contributed by atoms with Crippen molar-refractivity contribution in [1.29, 1.82) is 0 Å². The Hall–Kier alpha value is -2.44. The molecule has 0 saturated carbocycles. The van der Waals surface area contributed by atoms with Gasteiger partial charge in [0, 0.05) is 6.42 Å². The molecule has 0 aromatic heterocycles. The lowest BCUT2D eigenvalue weighted by Gasteiger charge is -2.24. The standard InChI is InChI=1S/C54H97NO5/c1-4-7-10-13-16-19-21-23-25-26-27-29-31-33-35-38-41-44-47-54(59)60-50(45-42-39-36-18-15-12-9-6-3)48-53(58)55-51(49-56)52(57)46-43-40-37-34-32-30-28-24-22-20-17-14-11-8-5-2/h10,13,16,19,21,23,25-27,29,50-52,56-57H,4-9,11-12,14-15,17-18,20,22,24,28,30-49H2,1-3H3,(H,55,58)/b13-10+,19-16+,23-21+,26-25+,29-27+. The van der Waals surface area contributed by atoms with E-state index in [2.05, 4.69) is 62.5 Å². The van der Waals surface area contributed by atoms with Crippen LogP contribution >= 0.6 is 0 Å². The molecule has 0 fully saturated rings. The van der Waals surface area contributed by atoms with Crippen molar-refractivity contribution in [3.63, 3.8) is 0 Å². The molecule has 0 bridgehead atoms. The summed E-state index contributed by atoms with van der Waals surface area (Å²) in [6, 6.07) is -0.705. The number of nitrogens with one attached hydrogen (secondary N) is 1. The molecule has 0 aromatic rings. The SMILES string of the molecule is CCC/C=C/C=C/C=C/C=C/C=C/CCCCCCCC(=O)OC(CCCCCCCCCC)CC(=O)NC(CO)C(O)CCCCCCCCCCCCCCCCC. The van der Waals surface area contributed by atoms with Gasteiger partial charge in [0.15, 0.2) is 0 Å². The van der Waals surface area contributed by atoms with E-state index < -0.39 is 18.2 Å². The Kier molecular flexibility index (Phi) is 45.7. The van der Waals surface area contributed by atoms with Crippen LogP contribution in [0, 0.1) is 0 Å². The van der Waals surface area contributed by atoms with Crippen LogP contribution in [-0.4, -0.2) is 46.9 Å². The molecule has 348 valence electrons. The molecule has 0 saturated heterocycles. The summed E-state index contributed by atoms with van der Waals surface area (Å²) in [5.74, 6) is -0.502. The number of esters is 1. The summed E-state index contributed by atoms with van der Waals surface area (Å²) < 4.78 is 5.90. The molecular formula is C54H97NO5. The molecule has 0 spiro atoms. The first-order valence-corrected chi connectivity index (χ1v) is 25.6. The smallest absolute Gasteiger partial charge is 0.306 e. The summed E-state index contributed by atoms with van der Waals surface area (Å²) in [5, 5.41) is 23.7. The highest BCUT2D eigenvalue weighted by atomic mass is 16.5. The number of carbonyl (C=O) groups is 2. The summed E-state index contributed by atoms with van der Waals surface area (Å²) in [5.41, 5.74) is 0. The van der Waals surface area contributed by atoms with E-state index in [9.17, 15) is 19.8 Å². The fourth-order valence-electron chi connectivity index (χ4n) is 7.58. The largest absolute Gasteiger partial charge is 0.462 e. The zero-order chi connectivity index (χ0) is 43.8. The monoisotopic (exact) mass is 840 g/mol. The highest BCUT2D eigenvalue weighted by molar-refractivity contribution is 5.77. The average molecular weight is 840 g/mol. The topological polar surface area (TPSA) is 95.9 Å². The van der Waals surface area contributed by atoms with Crippen molar-refractivity contribution in [3.05, 3.63) is 60.8 Å². The Morgan fingerprint density at radius 3 is 1.35 bits per heavy atom. The van der Waals surface area contributed by atoms with Gasteiger partial charge in [-0.15, -0.1) is 0 Å². The van der Waals surface area contributed by atoms with Gasteiger partial charge in [-0.1, -0.05) is 248 Å². The third kappa shape index (κ3) is 42.3. The fourth-order valence-corrected chi connectivity index (χ4v) is 7.58. The number of unbranched alkanes of at least 4 members (excludes halogenated alkanes) is 27. The van der Waals surface area contributed by atoms with Gasteiger partial charge in [-0.05, 0) is 44.9 Å². The molecule has 60 heavy (non-hydrogen) atoms. The number of amides is 1. The molecule has 0 aliphatic rings. The molecular weight excluding hydrogens is 743 g/mol. The van der Waals surface area contributed by atoms with Crippen molar-refractivity contribution < 1.29 is 24.5 Å². The molecule has 1 amide bonds. The van der Waals surface area contributed by atoms with Gasteiger partial charge in [-0.3, -0.25) is 9.59 Å². The van der Waals surface area contributed by atoms with E-state index in [1.807, 2.05) is 24.3 Å². The number of allylic oxidation sites excluding steroid dienone is 10. The Bertz CT molecular complexity index is 1080. The second-order valence-electron chi connectivity index (χ2n) is 17.3. The van der Waals surface area contributed by atoms with Gasteiger partial charge in [0.25, 0.3) is 0 Å². The Morgan fingerprint density at radius 2 is 0.883 bits per heavy atom. The minimum atomic E-state index is -0.791. The first-order valence-electron chi connectivity index (χ1n) is 25.6. The van der Waals surface area contributed by atoms with Gasteiger partial charge in [0.1, 0.15) is 6.10 Å². The number of rotatable bonds is 45. The summed E-state index contributed by atoms with van der Waals surface area (Å²) in [7, 11) is 0. The predicted octanol–water partition coefficient (Wildman–Crippen LogP) is 15.2. The molecule has 6 heteroatoms. The number of hydrogen-bond acceptors (Lipinski definition) is 5. The molecule has 3 unspecified atom stereocenters. The van der Waals surface area contributed by atoms with Crippen LogP contribution in [0.3, 0.4) is 0 Å². The van der Waals surface area contributed by atoms with Crippen molar-refractivity contribution in [3.8, 4) is 0 Å². The Labute approximate surface area is 371 Å². The minimum absolute atomic E-state index is 0.0666. The second-order valence-corrected chi connectivity index (χ2v) is 17.3. The lowest BCUT2D eigenvalue weighted by atomic mass is 10.0. The van der Waals surface area contributed by atoms with Crippen molar-refractivity contribution in [2.45, 2.75) is 264 Å². The van der Waals surface area contributed by atoms with Gasteiger partial charge in [-0.2, -0.15) is 0 Å².